The quantitative estimate of drug-likeness (QED) is 0.838. The van der Waals surface area contributed by atoms with Gasteiger partial charge in [0, 0.05) is 0 Å². The Morgan fingerprint density at radius 3 is 2.32 bits per heavy atom. The molecule has 104 valence electrons. The maximum absolute atomic E-state index is 3.64. The average molecular weight is 257 g/mol. The molecule has 19 heavy (non-hydrogen) atoms. The Bertz CT molecular complexity index is 411. The second kappa shape index (κ2) is 5.66. The lowest BCUT2D eigenvalue weighted by molar-refractivity contribution is 0.231. The zero-order valence-corrected chi connectivity index (χ0v) is 12.4. The largest absolute Gasteiger partial charge is 0.316 e. The smallest absolute Gasteiger partial charge is 0.00120 e. The minimum absolute atomic E-state index is 0.794. The van der Waals surface area contributed by atoms with Crippen molar-refractivity contribution in [3.63, 3.8) is 0 Å². The summed E-state index contributed by atoms with van der Waals surface area (Å²) in [6, 6.07) is 7.17. The summed E-state index contributed by atoms with van der Waals surface area (Å²) in [6.07, 6.45) is 7.17. The average Bonchev–Trinajstić information content (AvgIpc) is 2.91. The van der Waals surface area contributed by atoms with Gasteiger partial charge in [-0.2, -0.15) is 0 Å². The third kappa shape index (κ3) is 2.86. The number of hydrogen-bond acceptors (Lipinski definition) is 1. The molecule has 1 heteroatoms. The van der Waals surface area contributed by atoms with E-state index in [1.165, 1.54) is 56.3 Å². The van der Waals surface area contributed by atoms with Crippen LogP contribution in [0.4, 0.5) is 0 Å². The molecule has 1 aromatic carbocycles. The monoisotopic (exact) mass is 257 g/mol. The van der Waals surface area contributed by atoms with Crippen LogP contribution in [0.15, 0.2) is 18.2 Å². The lowest BCUT2D eigenvalue weighted by Gasteiger charge is -2.37. The van der Waals surface area contributed by atoms with Gasteiger partial charge >= 0.3 is 0 Å². The van der Waals surface area contributed by atoms with Gasteiger partial charge in [-0.3, -0.25) is 0 Å². The van der Waals surface area contributed by atoms with Crippen LogP contribution < -0.4 is 5.32 Å². The molecule has 1 N–H and O–H groups in total. The van der Waals surface area contributed by atoms with Gasteiger partial charge in [-0.25, -0.2) is 0 Å². The molecular formula is C18H27N. The fraction of sp³-hybridized carbons (Fsp3) is 0.667. The van der Waals surface area contributed by atoms with Gasteiger partial charge in [0.2, 0.25) is 0 Å². The van der Waals surface area contributed by atoms with Gasteiger partial charge in [-0.05, 0) is 56.7 Å². The van der Waals surface area contributed by atoms with Gasteiger partial charge in [0.05, 0.1) is 0 Å². The summed E-state index contributed by atoms with van der Waals surface area (Å²) in [4.78, 5) is 0. The number of benzene rings is 1. The number of hydrogen-bond donors (Lipinski definition) is 1. The summed E-state index contributed by atoms with van der Waals surface area (Å²) in [6.45, 7) is 6.91. The van der Waals surface area contributed by atoms with E-state index in [2.05, 4.69) is 37.4 Å². The fourth-order valence-corrected chi connectivity index (χ4v) is 4.40. The standard InChI is InChI=1S/C18H27N/c1-13-9-14(2)11-16(10-13)17-7-8-19-12-18(17)15-5-3-4-6-15/h9-11,15,17-19H,3-8,12H2,1-2H3. The van der Waals surface area contributed by atoms with Crippen LogP contribution in [0.2, 0.25) is 0 Å². The highest BCUT2D eigenvalue weighted by atomic mass is 14.9. The lowest BCUT2D eigenvalue weighted by Crippen LogP contribution is -2.38. The molecule has 0 aromatic heterocycles. The molecule has 0 bridgehead atoms. The zero-order chi connectivity index (χ0) is 13.2. The van der Waals surface area contributed by atoms with E-state index < -0.39 is 0 Å². The lowest BCUT2D eigenvalue weighted by atomic mass is 9.73. The minimum Gasteiger partial charge on any atom is -0.316 e. The van der Waals surface area contributed by atoms with E-state index in [0.717, 1.165) is 17.8 Å². The van der Waals surface area contributed by atoms with Crippen molar-refractivity contribution in [2.24, 2.45) is 11.8 Å². The Kier molecular flexibility index (Phi) is 3.93. The van der Waals surface area contributed by atoms with Crippen LogP contribution in [0.1, 0.15) is 54.7 Å². The first-order valence-electron chi connectivity index (χ1n) is 8.03. The van der Waals surface area contributed by atoms with Crippen LogP contribution in [0.3, 0.4) is 0 Å². The van der Waals surface area contributed by atoms with Crippen LogP contribution in [-0.4, -0.2) is 13.1 Å². The van der Waals surface area contributed by atoms with Crippen LogP contribution in [0.5, 0.6) is 0 Å². The summed E-state index contributed by atoms with van der Waals surface area (Å²) in [5, 5.41) is 3.64. The third-order valence-electron chi connectivity index (χ3n) is 5.21. The van der Waals surface area contributed by atoms with E-state index in [-0.39, 0.29) is 0 Å². The van der Waals surface area contributed by atoms with Gasteiger partial charge < -0.3 is 5.32 Å². The van der Waals surface area contributed by atoms with Crippen molar-refractivity contribution in [1.29, 1.82) is 0 Å². The molecule has 2 unspecified atom stereocenters. The predicted molar refractivity (Wildman–Crippen MR) is 81.6 cm³/mol. The van der Waals surface area contributed by atoms with E-state index in [1.807, 2.05) is 0 Å². The summed E-state index contributed by atoms with van der Waals surface area (Å²) < 4.78 is 0. The highest BCUT2D eigenvalue weighted by Gasteiger charge is 2.34. The SMILES string of the molecule is Cc1cc(C)cc(C2CCNCC2C2CCCC2)c1. The molecule has 1 nitrogen and oxygen atoms in total. The maximum Gasteiger partial charge on any atom is -0.00120 e. The van der Waals surface area contributed by atoms with E-state index in [1.54, 1.807) is 5.56 Å². The Hall–Kier alpha value is -0.820. The zero-order valence-electron chi connectivity index (χ0n) is 12.4. The number of aryl methyl sites for hydroxylation is 2. The van der Waals surface area contributed by atoms with E-state index in [0.29, 0.717) is 0 Å². The summed E-state index contributed by atoms with van der Waals surface area (Å²) in [7, 11) is 0. The molecule has 1 saturated carbocycles. The Morgan fingerprint density at radius 1 is 0.947 bits per heavy atom. The van der Waals surface area contributed by atoms with Crippen molar-refractivity contribution in [2.75, 3.05) is 13.1 Å². The van der Waals surface area contributed by atoms with Crippen LogP contribution >= 0.6 is 0 Å². The van der Waals surface area contributed by atoms with E-state index in [9.17, 15) is 0 Å². The molecule has 1 aliphatic carbocycles. The number of nitrogens with one attached hydrogen (secondary N) is 1. The summed E-state index contributed by atoms with van der Waals surface area (Å²) >= 11 is 0. The van der Waals surface area contributed by atoms with Crippen molar-refractivity contribution in [3.05, 3.63) is 34.9 Å². The van der Waals surface area contributed by atoms with E-state index in [4.69, 9.17) is 0 Å². The number of piperidine rings is 1. The van der Waals surface area contributed by atoms with Gasteiger partial charge in [0.25, 0.3) is 0 Å². The molecule has 1 saturated heterocycles. The summed E-state index contributed by atoms with van der Waals surface area (Å²) in [5.41, 5.74) is 4.47. The van der Waals surface area contributed by atoms with Gasteiger partial charge in [0.15, 0.2) is 0 Å². The highest BCUT2D eigenvalue weighted by Crippen LogP contribution is 2.42. The van der Waals surface area contributed by atoms with Crippen molar-refractivity contribution in [1.82, 2.24) is 5.32 Å². The van der Waals surface area contributed by atoms with E-state index >= 15 is 0 Å². The van der Waals surface area contributed by atoms with Crippen LogP contribution in [0.25, 0.3) is 0 Å². The fourth-order valence-electron chi connectivity index (χ4n) is 4.40. The molecule has 0 spiro atoms. The maximum atomic E-state index is 3.64. The first kappa shape index (κ1) is 13.2. The molecule has 2 aliphatic rings. The van der Waals surface area contributed by atoms with Crippen LogP contribution in [-0.2, 0) is 0 Å². The Morgan fingerprint density at radius 2 is 1.63 bits per heavy atom. The molecule has 3 rings (SSSR count). The molecule has 1 aliphatic heterocycles. The molecule has 0 radical (unpaired) electrons. The Balaban J connectivity index is 1.86. The molecule has 1 aromatic rings. The molecule has 2 fully saturated rings. The van der Waals surface area contributed by atoms with Gasteiger partial charge in [-0.15, -0.1) is 0 Å². The van der Waals surface area contributed by atoms with Crippen molar-refractivity contribution in [2.45, 2.75) is 51.9 Å². The second-order valence-corrected chi connectivity index (χ2v) is 6.73. The first-order chi connectivity index (χ1) is 9.24. The molecule has 1 heterocycles. The molecule has 2 atom stereocenters. The van der Waals surface area contributed by atoms with Gasteiger partial charge in [-0.1, -0.05) is 55.0 Å². The minimum atomic E-state index is 0.794. The third-order valence-corrected chi connectivity index (χ3v) is 5.21. The highest BCUT2D eigenvalue weighted by molar-refractivity contribution is 5.32. The summed E-state index contributed by atoms with van der Waals surface area (Å²) in [5.74, 6) is 2.64. The van der Waals surface area contributed by atoms with Gasteiger partial charge in [0.1, 0.15) is 0 Å². The Labute approximate surface area is 117 Å². The van der Waals surface area contributed by atoms with Crippen LogP contribution in [0, 0.1) is 25.7 Å². The number of rotatable bonds is 2. The van der Waals surface area contributed by atoms with Crippen molar-refractivity contribution >= 4 is 0 Å². The normalized spacial score (nSPS) is 28.7. The van der Waals surface area contributed by atoms with Crippen molar-refractivity contribution < 1.29 is 0 Å². The topological polar surface area (TPSA) is 12.0 Å². The first-order valence-corrected chi connectivity index (χ1v) is 8.03. The van der Waals surface area contributed by atoms with Crippen molar-refractivity contribution in [3.8, 4) is 0 Å². The molecular weight excluding hydrogens is 230 g/mol. The predicted octanol–water partition coefficient (Wildman–Crippen LogP) is 4.19. The second-order valence-electron chi connectivity index (χ2n) is 6.73. The molecule has 0 amide bonds.